The van der Waals surface area contributed by atoms with Gasteiger partial charge in [0.2, 0.25) is 0 Å². The largest absolute Gasteiger partial charge is 0.472 e. The summed E-state index contributed by atoms with van der Waals surface area (Å²) in [6.07, 6.45) is 3.14. The molecule has 0 saturated heterocycles. The van der Waals surface area contributed by atoms with Crippen molar-refractivity contribution in [2.75, 3.05) is 0 Å². The number of aromatic amines is 1. The van der Waals surface area contributed by atoms with Gasteiger partial charge in [-0.15, -0.1) is 0 Å². The topological polar surface area (TPSA) is 58.9 Å². The van der Waals surface area contributed by atoms with Gasteiger partial charge in [0.25, 0.3) is 5.56 Å². The zero-order valence-electron chi connectivity index (χ0n) is 7.82. The minimum absolute atomic E-state index is 0.0267. The van der Waals surface area contributed by atoms with Crippen LogP contribution in [-0.4, -0.2) is 9.97 Å². The number of fused-ring (bicyclic) bond motifs is 1. The fourth-order valence-corrected chi connectivity index (χ4v) is 2.63. The highest BCUT2D eigenvalue weighted by Gasteiger charge is 2.18. The first-order chi connectivity index (χ1) is 7.34. The molecular weight excluding hydrogens is 212 g/mol. The van der Waals surface area contributed by atoms with Crippen LogP contribution in [0.1, 0.15) is 11.3 Å². The van der Waals surface area contributed by atoms with E-state index >= 15 is 0 Å². The Hall–Kier alpha value is -1.49. The molecule has 2 aromatic heterocycles. The summed E-state index contributed by atoms with van der Waals surface area (Å²) >= 11 is 1.72. The maximum atomic E-state index is 11.7. The molecule has 3 rings (SSSR count). The molecule has 2 aromatic rings. The number of nitrogens with zero attached hydrogens (tertiary/aromatic N) is 1. The van der Waals surface area contributed by atoms with Crippen LogP contribution in [0.2, 0.25) is 0 Å². The predicted molar refractivity (Wildman–Crippen MR) is 57.6 cm³/mol. The van der Waals surface area contributed by atoms with Crippen LogP contribution in [0.15, 0.2) is 27.8 Å². The number of H-pyrrole nitrogens is 1. The van der Waals surface area contributed by atoms with Crippen molar-refractivity contribution in [3.05, 3.63) is 40.2 Å². The Bertz CT molecular complexity index is 545. The summed E-state index contributed by atoms with van der Waals surface area (Å²) in [6.45, 7) is 0. The first-order valence-electron chi connectivity index (χ1n) is 4.57. The number of thioether (sulfide) groups is 1. The van der Waals surface area contributed by atoms with E-state index in [1.807, 2.05) is 0 Å². The number of hydrogen-bond acceptors (Lipinski definition) is 4. The number of furan rings is 1. The Labute approximate surface area is 89.7 Å². The zero-order valence-corrected chi connectivity index (χ0v) is 8.63. The molecule has 0 unspecified atom stereocenters. The summed E-state index contributed by atoms with van der Waals surface area (Å²) in [5, 5.41) is 0. The van der Waals surface area contributed by atoms with E-state index in [1.165, 1.54) is 0 Å². The Balaban J connectivity index is 2.20. The van der Waals surface area contributed by atoms with E-state index in [0.717, 1.165) is 28.3 Å². The van der Waals surface area contributed by atoms with Crippen molar-refractivity contribution < 1.29 is 4.42 Å². The van der Waals surface area contributed by atoms with Gasteiger partial charge < -0.3 is 9.40 Å². The molecule has 0 bridgehead atoms. The summed E-state index contributed by atoms with van der Waals surface area (Å²) in [5.74, 6) is 2.18. The Morgan fingerprint density at radius 2 is 2.40 bits per heavy atom. The lowest BCUT2D eigenvalue weighted by molar-refractivity contribution is 0.568. The van der Waals surface area contributed by atoms with Crippen LogP contribution in [0.3, 0.4) is 0 Å². The van der Waals surface area contributed by atoms with Crippen LogP contribution < -0.4 is 5.56 Å². The van der Waals surface area contributed by atoms with Crippen molar-refractivity contribution in [3.63, 3.8) is 0 Å². The smallest absolute Gasteiger partial charge is 0.255 e. The van der Waals surface area contributed by atoms with Crippen LogP contribution in [0.25, 0.3) is 11.4 Å². The van der Waals surface area contributed by atoms with Crippen LogP contribution in [0.4, 0.5) is 0 Å². The molecule has 76 valence electrons. The zero-order chi connectivity index (χ0) is 10.3. The average Bonchev–Trinajstić information content (AvgIpc) is 2.88. The minimum atomic E-state index is -0.0267. The van der Waals surface area contributed by atoms with E-state index < -0.39 is 0 Å². The second-order valence-electron chi connectivity index (χ2n) is 3.34. The molecule has 0 fully saturated rings. The van der Waals surface area contributed by atoms with Gasteiger partial charge in [-0.3, -0.25) is 4.79 Å². The molecule has 0 atom stereocenters. The summed E-state index contributed by atoms with van der Waals surface area (Å²) in [4.78, 5) is 18.9. The molecule has 0 amide bonds. The molecule has 0 saturated carbocycles. The first kappa shape index (κ1) is 8.79. The fourth-order valence-electron chi connectivity index (χ4n) is 1.60. The summed E-state index contributed by atoms with van der Waals surface area (Å²) < 4.78 is 4.96. The highest BCUT2D eigenvalue weighted by molar-refractivity contribution is 7.98. The second kappa shape index (κ2) is 3.27. The molecule has 0 spiro atoms. The van der Waals surface area contributed by atoms with E-state index in [2.05, 4.69) is 9.97 Å². The van der Waals surface area contributed by atoms with E-state index in [9.17, 15) is 4.79 Å². The number of rotatable bonds is 1. The van der Waals surface area contributed by atoms with Gasteiger partial charge in [-0.1, -0.05) is 0 Å². The van der Waals surface area contributed by atoms with Crippen molar-refractivity contribution in [1.82, 2.24) is 9.97 Å². The van der Waals surface area contributed by atoms with Crippen molar-refractivity contribution in [1.29, 1.82) is 0 Å². The highest BCUT2D eigenvalue weighted by Crippen LogP contribution is 2.26. The SMILES string of the molecule is O=c1[nH]c(-c2ccoc2)nc2c1CSC2. The van der Waals surface area contributed by atoms with Gasteiger partial charge in [0.05, 0.1) is 17.5 Å². The Kier molecular flexibility index (Phi) is 1.92. The molecule has 0 radical (unpaired) electrons. The molecule has 5 heteroatoms. The van der Waals surface area contributed by atoms with Crippen molar-refractivity contribution >= 4 is 11.8 Å². The van der Waals surface area contributed by atoms with E-state index in [1.54, 1.807) is 30.4 Å². The summed E-state index contributed by atoms with van der Waals surface area (Å²) in [7, 11) is 0. The molecule has 0 aromatic carbocycles. The predicted octanol–water partition coefficient (Wildman–Crippen LogP) is 1.78. The molecule has 1 aliphatic heterocycles. The molecule has 0 aliphatic carbocycles. The Morgan fingerprint density at radius 1 is 1.47 bits per heavy atom. The molecule has 1 N–H and O–H groups in total. The first-order valence-corrected chi connectivity index (χ1v) is 5.72. The second-order valence-corrected chi connectivity index (χ2v) is 4.33. The van der Waals surface area contributed by atoms with Gasteiger partial charge in [-0.25, -0.2) is 4.98 Å². The van der Waals surface area contributed by atoms with Crippen LogP contribution in [0, 0.1) is 0 Å². The third-order valence-electron chi connectivity index (χ3n) is 2.38. The molecule has 15 heavy (non-hydrogen) atoms. The van der Waals surface area contributed by atoms with Gasteiger partial charge in [-0.05, 0) is 6.07 Å². The van der Waals surface area contributed by atoms with Crippen LogP contribution in [0.5, 0.6) is 0 Å². The van der Waals surface area contributed by atoms with Gasteiger partial charge in [0, 0.05) is 17.1 Å². The molecule has 1 aliphatic rings. The number of aromatic nitrogens is 2. The van der Waals surface area contributed by atoms with Crippen LogP contribution in [-0.2, 0) is 11.5 Å². The normalized spacial score (nSPS) is 14.1. The lowest BCUT2D eigenvalue weighted by Gasteiger charge is -2.00. The fraction of sp³-hybridized carbons (Fsp3) is 0.200. The lowest BCUT2D eigenvalue weighted by Crippen LogP contribution is -2.14. The number of nitrogens with one attached hydrogen (secondary N) is 1. The lowest BCUT2D eigenvalue weighted by atomic mass is 10.2. The maximum absolute atomic E-state index is 11.7. The van der Waals surface area contributed by atoms with Crippen molar-refractivity contribution in [3.8, 4) is 11.4 Å². The maximum Gasteiger partial charge on any atom is 0.255 e. The van der Waals surface area contributed by atoms with Crippen molar-refractivity contribution in [2.45, 2.75) is 11.5 Å². The van der Waals surface area contributed by atoms with E-state index in [4.69, 9.17) is 4.42 Å². The van der Waals surface area contributed by atoms with E-state index in [0.29, 0.717) is 5.82 Å². The third kappa shape index (κ3) is 1.39. The monoisotopic (exact) mass is 220 g/mol. The van der Waals surface area contributed by atoms with Crippen molar-refractivity contribution in [2.24, 2.45) is 0 Å². The number of hydrogen-bond donors (Lipinski definition) is 1. The minimum Gasteiger partial charge on any atom is -0.472 e. The molecule has 4 nitrogen and oxygen atoms in total. The summed E-state index contributed by atoms with van der Waals surface area (Å²) in [6, 6.07) is 1.78. The quantitative estimate of drug-likeness (QED) is 0.795. The highest BCUT2D eigenvalue weighted by atomic mass is 32.2. The van der Waals surface area contributed by atoms with Crippen LogP contribution >= 0.6 is 11.8 Å². The van der Waals surface area contributed by atoms with Gasteiger partial charge in [0.15, 0.2) is 0 Å². The van der Waals surface area contributed by atoms with Gasteiger partial charge in [-0.2, -0.15) is 11.8 Å². The standard InChI is InChI=1S/C10H8N2O2S/c13-10-7-4-15-5-8(7)11-9(12-10)6-1-2-14-3-6/h1-3H,4-5H2,(H,11,12,13). The van der Waals surface area contributed by atoms with Gasteiger partial charge >= 0.3 is 0 Å². The van der Waals surface area contributed by atoms with E-state index in [-0.39, 0.29) is 5.56 Å². The average molecular weight is 220 g/mol. The van der Waals surface area contributed by atoms with Gasteiger partial charge in [0.1, 0.15) is 12.1 Å². The Morgan fingerprint density at radius 3 is 3.20 bits per heavy atom. The molecular formula is C10H8N2O2S. The third-order valence-corrected chi connectivity index (χ3v) is 3.35. The molecule has 3 heterocycles. The summed E-state index contributed by atoms with van der Waals surface area (Å²) in [5.41, 5.74) is 2.50.